The number of nitrogens with one attached hydrogen (secondary N) is 1. The van der Waals surface area contributed by atoms with Crippen molar-refractivity contribution >= 4 is 33.2 Å². The standard InChI is InChI=1S/C13H13BrN2O2/c1-7-3-4-10(15)8(2)11(7)16-13(17)9-5-6-18-12(9)14/h3-6H,15H2,1-2H3,(H,16,17). The minimum absolute atomic E-state index is 0.229. The Balaban J connectivity index is 2.33. The average Bonchev–Trinajstić information content (AvgIpc) is 2.76. The summed E-state index contributed by atoms with van der Waals surface area (Å²) in [4.78, 5) is 12.1. The van der Waals surface area contributed by atoms with Crippen molar-refractivity contribution in [1.29, 1.82) is 0 Å². The van der Waals surface area contributed by atoms with Gasteiger partial charge in [-0.3, -0.25) is 4.79 Å². The van der Waals surface area contributed by atoms with E-state index in [1.165, 1.54) is 6.26 Å². The van der Waals surface area contributed by atoms with Gasteiger partial charge in [-0.2, -0.15) is 0 Å². The molecule has 0 atom stereocenters. The zero-order valence-electron chi connectivity index (χ0n) is 10.1. The Labute approximate surface area is 113 Å². The topological polar surface area (TPSA) is 68.3 Å². The number of carbonyl (C=O) groups is 1. The van der Waals surface area contributed by atoms with E-state index in [9.17, 15) is 4.79 Å². The van der Waals surface area contributed by atoms with Crippen molar-refractivity contribution in [2.45, 2.75) is 13.8 Å². The van der Waals surface area contributed by atoms with Gasteiger partial charge in [0.25, 0.3) is 5.91 Å². The highest BCUT2D eigenvalue weighted by Gasteiger charge is 2.15. The summed E-state index contributed by atoms with van der Waals surface area (Å²) in [7, 11) is 0. The molecule has 5 heteroatoms. The molecule has 1 aromatic carbocycles. The minimum Gasteiger partial charge on any atom is -0.457 e. The molecule has 3 N–H and O–H groups in total. The summed E-state index contributed by atoms with van der Waals surface area (Å²) in [5, 5.41) is 2.85. The fraction of sp³-hybridized carbons (Fsp3) is 0.154. The predicted octanol–water partition coefficient (Wildman–Crippen LogP) is 3.49. The molecular weight excluding hydrogens is 296 g/mol. The second kappa shape index (κ2) is 4.86. The van der Waals surface area contributed by atoms with E-state index < -0.39 is 0 Å². The van der Waals surface area contributed by atoms with Crippen molar-refractivity contribution in [1.82, 2.24) is 0 Å². The van der Waals surface area contributed by atoms with Crippen LogP contribution < -0.4 is 11.1 Å². The van der Waals surface area contributed by atoms with Gasteiger partial charge in [0.1, 0.15) is 0 Å². The number of nitrogens with two attached hydrogens (primary N) is 1. The first-order valence-electron chi connectivity index (χ1n) is 5.40. The molecule has 94 valence electrons. The summed E-state index contributed by atoms with van der Waals surface area (Å²) in [6.07, 6.45) is 1.46. The van der Waals surface area contributed by atoms with Gasteiger partial charge in [-0.25, -0.2) is 0 Å². The third-order valence-corrected chi connectivity index (χ3v) is 3.43. The van der Waals surface area contributed by atoms with Crippen LogP contribution in [0.1, 0.15) is 21.5 Å². The van der Waals surface area contributed by atoms with E-state index in [2.05, 4.69) is 21.2 Å². The second-order valence-corrected chi connectivity index (χ2v) is 4.75. The molecule has 1 amide bonds. The van der Waals surface area contributed by atoms with Gasteiger partial charge in [-0.05, 0) is 53.0 Å². The Kier molecular flexibility index (Phi) is 3.43. The maximum absolute atomic E-state index is 12.1. The van der Waals surface area contributed by atoms with E-state index in [0.29, 0.717) is 15.9 Å². The number of furan rings is 1. The van der Waals surface area contributed by atoms with E-state index in [0.717, 1.165) is 16.8 Å². The van der Waals surface area contributed by atoms with Crippen LogP contribution in [0.25, 0.3) is 0 Å². The lowest BCUT2D eigenvalue weighted by atomic mass is 10.1. The number of carbonyl (C=O) groups excluding carboxylic acids is 1. The number of amides is 1. The Morgan fingerprint density at radius 2 is 2.06 bits per heavy atom. The van der Waals surface area contributed by atoms with E-state index in [1.807, 2.05) is 26.0 Å². The molecule has 18 heavy (non-hydrogen) atoms. The number of rotatable bonds is 2. The van der Waals surface area contributed by atoms with Gasteiger partial charge >= 0.3 is 0 Å². The lowest BCUT2D eigenvalue weighted by Gasteiger charge is -2.13. The molecule has 4 nitrogen and oxygen atoms in total. The minimum atomic E-state index is -0.229. The van der Waals surface area contributed by atoms with E-state index in [4.69, 9.17) is 10.2 Å². The molecule has 0 unspecified atom stereocenters. The molecule has 0 saturated carbocycles. The van der Waals surface area contributed by atoms with Crippen LogP contribution in [0.5, 0.6) is 0 Å². The van der Waals surface area contributed by atoms with Crippen molar-refractivity contribution < 1.29 is 9.21 Å². The summed E-state index contributed by atoms with van der Waals surface area (Å²) >= 11 is 3.18. The molecule has 0 spiro atoms. The molecule has 2 aromatic rings. The number of benzene rings is 1. The molecule has 0 saturated heterocycles. The monoisotopic (exact) mass is 308 g/mol. The van der Waals surface area contributed by atoms with Crippen molar-refractivity contribution in [3.05, 3.63) is 45.8 Å². The first-order valence-corrected chi connectivity index (χ1v) is 6.20. The van der Waals surface area contributed by atoms with Gasteiger partial charge in [0, 0.05) is 11.4 Å². The average molecular weight is 309 g/mol. The maximum Gasteiger partial charge on any atom is 0.260 e. The zero-order chi connectivity index (χ0) is 13.3. The van der Waals surface area contributed by atoms with Crippen LogP contribution in [0.15, 0.2) is 33.5 Å². The Bertz CT molecular complexity index is 605. The lowest BCUT2D eigenvalue weighted by Crippen LogP contribution is -2.14. The summed E-state index contributed by atoms with van der Waals surface area (Å²) in [6.45, 7) is 3.80. The SMILES string of the molecule is Cc1ccc(N)c(C)c1NC(=O)c1ccoc1Br. The van der Waals surface area contributed by atoms with Crippen LogP contribution >= 0.6 is 15.9 Å². The van der Waals surface area contributed by atoms with Gasteiger partial charge in [-0.1, -0.05) is 6.07 Å². The molecule has 1 heterocycles. The van der Waals surface area contributed by atoms with E-state index in [1.54, 1.807) is 6.07 Å². The molecule has 0 aliphatic rings. The van der Waals surface area contributed by atoms with E-state index >= 15 is 0 Å². The molecule has 1 aromatic heterocycles. The highest BCUT2D eigenvalue weighted by Crippen LogP contribution is 2.26. The molecule has 0 aliphatic heterocycles. The highest BCUT2D eigenvalue weighted by atomic mass is 79.9. The number of nitrogen functional groups attached to an aromatic ring is 1. The molecule has 0 bridgehead atoms. The van der Waals surface area contributed by atoms with Crippen molar-refractivity contribution in [2.75, 3.05) is 11.1 Å². The molecule has 0 aliphatic carbocycles. The summed E-state index contributed by atoms with van der Waals surface area (Å²) in [5.74, 6) is -0.229. The van der Waals surface area contributed by atoms with Crippen LogP contribution in [0.4, 0.5) is 11.4 Å². The van der Waals surface area contributed by atoms with Crippen molar-refractivity contribution in [3.8, 4) is 0 Å². The normalized spacial score (nSPS) is 10.4. The number of hydrogen-bond acceptors (Lipinski definition) is 3. The van der Waals surface area contributed by atoms with E-state index in [-0.39, 0.29) is 5.91 Å². The van der Waals surface area contributed by atoms with Crippen LogP contribution in [0.2, 0.25) is 0 Å². The number of hydrogen-bond donors (Lipinski definition) is 2. The van der Waals surface area contributed by atoms with Gasteiger partial charge in [0.15, 0.2) is 4.67 Å². The van der Waals surface area contributed by atoms with Crippen molar-refractivity contribution in [3.63, 3.8) is 0 Å². The summed E-state index contributed by atoms with van der Waals surface area (Å²) < 4.78 is 5.45. The first-order chi connectivity index (χ1) is 8.50. The second-order valence-electron chi connectivity index (χ2n) is 4.03. The number of aryl methyl sites for hydroxylation is 1. The molecule has 2 rings (SSSR count). The van der Waals surface area contributed by atoms with Crippen LogP contribution in [0, 0.1) is 13.8 Å². The van der Waals surface area contributed by atoms with Gasteiger partial charge in [0.2, 0.25) is 0 Å². The third-order valence-electron chi connectivity index (χ3n) is 2.82. The predicted molar refractivity (Wildman–Crippen MR) is 74.7 cm³/mol. The molecular formula is C13H13BrN2O2. The van der Waals surface area contributed by atoms with Crippen LogP contribution in [0.3, 0.4) is 0 Å². The van der Waals surface area contributed by atoms with Gasteiger partial charge in [0.05, 0.1) is 11.8 Å². The quantitative estimate of drug-likeness (QED) is 0.834. The zero-order valence-corrected chi connectivity index (χ0v) is 11.7. The fourth-order valence-corrected chi connectivity index (χ4v) is 2.11. The molecule has 0 radical (unpaired) electrons. The van der Waals surface area contributed by atoms with Crippen LogP contribution in [-0.2, 0) is 0 Å². The van der Waals surface area contributed by atoms with Crippen LogP contribution in [-0.4, -0.2) is 5.91 Å². The first kappa shape index (κ1) is 12.7. The lowest BCUT2D eigenvalue weighted by molar-refractivity contribution is 0.102. The Morgan fingerprint density at radius 3 is 2.67 bits per heavy atom. The maximum atomic E-state index is 12.1. The highest BCUT2D eigenvalue weighted by molar-refractivity contribution is 9.10. The third kappa shape index (κ3) is 2.26. The summed E-state index contributed by atoms with van der Waals surface area (Å²) in [5.41, 5.74) is 9.52. The van der Waals surface area contributed by atoms with Gasteiger partial charge in [-0.15, -0.1) is 0 Å². The van der Waals surface area contributed by atoms with Gasteiger partial charge < -0.3 is 15.5 Å². The Morgan fingerprint density at radius 1 is 1.33 bits per heavy atom. The fourth-order valence-electron chi connectivity index (χ4n) is 1.69. The summed E-state index contributed by atoms with van der Waals surface area (Å²) in [6, 6.07) is 5.31. The largest absolute Gasteiger partial charge is 0.457 e. The Hall–Kier alpha value is -1.75. The molecule has 0 fully saturated rings. The number of anilines is 2. The smallest absolute Gasteiger partial charge is 0.260 e. The van der Waals surface area contributed by atoms with Crippen molar-refractivity contribution in [2.24, 2.45) is 0 Å². The number of halogens is 1.